The molecule has 1 unspecified atom stereocenters. The maximum Gasteiger partial charge on any atom is 0.317 e. The summed E-state index contributed by atoms with van der Waals surface area (Å²) < 4.78 is 0. The van der Waals surface area contributed by atoms with E-state index in [1.165, 1.54) is 0 Å². The lowest BCUT2D eigenvalue weighted by Crippen LogP contribution is -2.47. The summed E-state index contributed by atoms with van der Waals surface area (Å²) in [4.78, 5) is 24.2. The van der Waals surface area contributed by atoms with E-state index in [2.05, 4.69) is 5.32 Å². The van der Waals surface area contributed by atoms with Crippen molar-refractivity contribution in [1.82, 2.24) is 10.2 Å². The van der Waals surface area contributed by atoms with Crippen molar-refractivity contribution in [2.45, 2.75) is 19.3 Å². The van der Waals surface area contributed by atoms with Gasteiger partial charge in [0, 0.05) is 19.6 Å². The van der Waals surface area contributed by atoms with Gasteiger partial charge in [0.1, 0.15) is 0 Å². The summed E-state index contributed by atoms with van der Waals surface area (Å²) in [7, 11) is 0. The van der Waals surface area contributed by atoms with Gasteiger partial charge in [0.2, 0.25) is 0 Å². The van der Waals surface area contributed by atoms with E-state index in [0.29, 0.717) is 26.1 Å². The summed E-state index contributed by atoms with van der Waals surface area (Å²) in [6.45, 7) is 1.66. The average Bonchev–Trinajstić information content (AvgIpc) is 2.34. The van der Waals surface area contributed by atoms with Crippen molar-refractivity contribution in [1.29, 1.82) is 0 Å². The number of carbonyl (C=O) groups is 2. The van der Waals surface area contributed by atoms with Crippen molar-refractivity contribution in [2.75, 3.05) is 31.6 Å². The van der Waals surface area contributed by atoms with Gasteiger partial charge in [-0.15, -0.1) is 0 Å². The van der Waals surface area contributed by atoms with Crippen molar-refractivity contribution in [3.05, 3.63) is 0 Å². The summed E-state index contributed by atoms with van der Waals surface area (Å²) in [5.74, 6) is -0.177. The van der Waals surface area contributed by atoms with E-state index >= 15 is 0 Å². The molecule has 0 aromatic heterocycles. The van der Waals surface area contributed by atoms with Gasteiger partial charge in [-0.2, -0.15) is 11.8 Å². The number of carbonyl (C=O) groups excluding carboxylic acids is 1. The highest BCUT2D eigenvalue weighted by atomic mass is 32.2. The van der Waals surface area contributed by atoms with Gasteiger partial charge in [-0.3, -0.25) is 4.79 Å². The summed E-state index contributed by atoms with van der Waals surface area (Å²) in [5.41, 5.74) is 0. The molecule has 1 rings (SSSR count). The number of urea groups is 1. The third kappa shape index (κ3) is 4.85. The summed E-state index contributed by atoms with van der Waals surface area (Å²) >= 11 is 1.75. The van der Waals surface area contributed by atoms with Crippen LogP contribution in [-0.2, 0) is 4.79 Å². The van der Waals surface area contributed by atoms with Gasteiger partial charge in [0.15, 0.2) is 0 Å². The number of nitrogens with one attached hydrogen (secondary N) is 1. The average molecular weight is 260 g/mol. The molecule has 1 heterocycles. The number of rotatable bonds is 5. The van der Waals surface area contributed by atoms with Crippen LogP contribution >= 0.6 is 11.8 Å². The fourth-order valence-electron chi connectivity index (χ4n) is 1.89. The van der Waals surface area contributed by atoms with Crippen LogP contribution in [0.3, 0.4) is 0 Å². The molecule has 0 spiro atoms. The lowest BCUT2D eigenvalue weighted by atomic mass is 9.99. The molecule has 6 heteroatoms. The lowest BCUT2D eigenvalue weighted by molar-refractivity contribution is -0.143. The third-order valence-electron chi connectivity index (χ3n) is 2.86. The number of thioether (sulfide) groups is 1. The molecule has 0 radical (unpaired) electrons. The minimum Gasteiger partial charge on any atom is -0.481 e. The smallest absolute Gasteiger partial charge is 0.317 e. The van der Waals surface area contributed by atoms with Crippen molar-refractivity contribution in [3.8, 4) is 0 Å². The van der Waals surface area contributed by atoms with Gasteiger partial charge in [0.25, 0.3) is 0 Å². The summed E-state index contributed by atoms with van der Waals surface area (Å²) in [5, 5.41) is 11.8. The van der Waals surface area contributed by atoms with Gasteiger partial charge in [0.05, 0.1) is 5.92 Å². The number of carboxylic acid groups (broad SMARTS) is 1. The molecule has 1 atom stereocenters. The maximum absolute atomic E-state index is 11.7. The Kier molecular flexibility index (Phi) is 6.18. The first-order valence-electron chi connectivity index (χ1n) is 5.89. The molecular weight excluding hydrogens is 240 g/mol. The Morgan fingerprint density at radius 2 is 2.29 bits per heavy atom. The van der Waals surface area contributed by atoms with E-state index < -0.39 is 11.9 Å². The van der Waals surface area contributed by atoms with Crippen LogP contribution in [0.5, 0.6) is 0 Å². The van der Waals surface area contributed by atoms with E-state index in [1.807, 2.05) is 6.26 Å². The van der Waals surface area contributed by atoms with Crippen molar-refractivity contribution in [2.24, 2.45) is 5.92 Å². The van der Waals surface area contributed by atoms with Crippen LogP contribution in [0, 0.1) is 5.92 Å². The second kappa shape index (κ2) is 7.42. The van der Waals surface area contributed by atoms with Crippen LogP contribution in [0.4, 0.5) is 4.79 Å². The zero-order valence-electron chi connectivity index (χ0n) is 10.1. The standard InChI is InChI=1S/C11H20N2O3S/c1-17-7-3-5-12-11(16)13-6-2-4-9(8-13)10(14)15/h9H,2-8H2,1H3,(H,12,16)(H,14,15). The van der Waals surface area contributed by atoms with Crippen LogP contribution in [0.1, 0.15) is 19.3 Å². The fraction of sp³-hybridized carbons (Fsp3) is 0.818. The maximum atomic E-state index is 11.7. The molecule has 1 saturated heterocycles. The van der Waals surface area contributed by atoms with Crippen molar-refractivity contribution >= 4 is 23.8 Å². The van der Waals surface area contributed by atoms with E-state index in [9.17, 15) is 9.59 Å². The number of aliphatic carboxylic acids is 1. The molecule has 17 heavy (non-hydrogen) atoms. The number of hydrogen-bond acceptors (Lipinski definition) is 3. The molecule has 5 nitrogen and oxygen atoms in total. The molecule has 2 amide bonds. The predicted molar refractivity (Wildman–Crippen MR) is 68.3 cm³/mol. The number of likely N-dealkylation sites (tertiary alicyclic amines) is 1. The molecule has 0 aromatic rings. The molecule has 98 valence electrons. The fourth-order valence-corrected chi connectivity index (χ4v) is 2.32. The third-order valence-corrected chi connectivity index (χ3v) is 3.56. The lowest BCUT2D eigenvalue weighted by Gasteiger charge is -2.30. The molecule has 0 aromatic carbocycles. The second-order valence-corrected chi connectivity index (χ2v) is 5.19. The highest BCUT2D eigenvalue weighted by Gasteiger charge is 2.27. The van der Waals surface area contributed by atoms with E-state index in [-0.39, 0.29) is 6.03 Å². The minimum absolute atomic E-state index is 0.128. The summed E-state index contributed by atoms with van der Waals surface area (Å²) in [6.07, 6.45) is 4.42. The molecule has 1 aliphatic heterocycles. The Hall–Kier alpha value is -0.910. The van der Waals surface area contributed by atoms with Gasteiger partial charge in [-0.25, -0.2) is 4.79 Å². The Bertz CT molecular complexity index is 273. The number of piperidine rings is 1. The molecule has 1 fully saturated rings. The van der Waals surface area contributed by atoms with Crippen LogP contribution in [0.2, 0.25) is 0 Å². The largest absolute Gasteiger partial charge is 0.481 e. The van der Waals surface area contributed by atoms with Gasteiger partial charge < -0.3 is 15.3 Å². The summed E-state index contributed by atoms with van der Waals surface area (Å²) in [6, 6.07) is -0.128. The number of carboxylic acids is 1. The van der Waals surface area contributed by atoms with E-state index in [1.54, 1.807) is 16.7 Å². The van der Waals surface area contributed by atoms with Crippen LogP contribution in [-0.4, -0.2) is 53.6 Å². The number of amides is 2. The first-order valence-corrected chi connectivity index (χ1v) is 7.29. The monoisotopic (exact) mass is 260 g/mol. The SMILES string of the molecule is CSCCCNC(=O)N1CCCC(C(=O)O)C1. The van der Waals surface area contributed by atoms with E-state index in [0.717, 1.165) is 18.6 Å². The van der Waals surface area contributed by atoms with Gasteiger partial charge in [-0.1, -0.05) is 0 Å². The second-order valence-electron chi connectivity index (χ2n) is 4.20. The highest BCUT2D eigenvalue weighted by molar-refractivity contribution is 7.98. The Labute approximate surface area is 106 Å². The quantitative estimate of drug-likeness (QED) is 0.730. The van der Waals surface area contributed by atoms with Crippen LogP contribution < -0.4 is 5.32 Å². The normalized spacial score (nSPS) is 20.1. The Morgan fingerprint density at radius 1 is 1.53 bits per heavy atom. The molecule has 0 aliphatic carbocycles. The molecule has 0 bridgehead atoms. The first kappa shape index (κ1) is 14.2. The van der Waals surface area contributed by atoms with Gasteiger partial charge >= 0.3 is 12.0 Å². The first-order chi connectivity index (χ1) is 8.15. The molecule has 0 saturated carbocycles. The molecule has 2 N–H and O–H groups in total. The zero-order valence-corrected chi connectivity index (χ0v) is 11.0. The van der Waals surface area contributed by atoms with Crippen molar-refractivity contribution in [3.63, 3.8) is 0 Å². The molecule has 1 aliphatic rings. The number of hydrogen-bond donors (Lipinski definition) is 2. The minimum atomic E-state index is -0.801. The van der Waals surface area contributed by atoms with Crippen LogP contribution in [0.25, 0.3) is 0 Å². The van der Waals surface area contributed by atoms with Crippen LogP contribution in [0.15, 0.2) is 0 Å². The number of nitrogens with zero attached hydrogens (tertiary/aromatic N) is 1. The van der Waals surface area contributed by atoms with E-state index in [4.69, 9.17) is 5.11 Å². The predicted octanol–water partition coefficient (Wildman–Crippen LogP) is 1.25. The van der Waals surface area contributed by atoms with Crippen molar-refractivity contribution < 1.29 is 14.7 Å². The highest BCUT2D eigenvalue weighted by Crippen LogP contribution is 2.16. The Balaban J connectivity index is 2.28. The van der Waals surface area contributed by atoms with Gasteiger partial charge in [-0.05, 0) is 31.3 Å². The zero-order chi connectivity index (χ0) is 12.7. The topological polar surface area (TPSA) is 69.6 Å². The Morgan fingerprint density at radius 3 is 2.94 bits per heavy atom. The molecular formula is C11H20N2O3S.